The Kier molecular flexibility index (Phi) is 7.91. The van der Waals surface area contributed by atoms with Gasteiger partial charge in [0.15, 0.2) is 11.3 Å². The second-order valence-electron chi connectivity index (χ2n) is 8.81. The van der Waals surface area contributed by atoms with Gasteiger partial charge in [-0.05, 0) is 65.0 Å². The molecule has 0 amide bonds. The lowest BCUT2D eigenvalue weighted by atomic mass is 9.79. The van der Waals surface area contributed by atoms with Crippen molar-refractivity contribution in [3.05, 3.63) is 77.1 Å². The number of methoxy groups -OCH3 is 1. The summed E-state index contributed by atoms with van der Waals surface area (Å²) < 4.78 is 18.5. The van der Waals surface area contributed by atoms with Crippen molar-refractivity contribution >= 4 is 17.3 Å². The maximum atomic E-state index is 13.2. The molecule has 37 heavy (non-hydrogen) atoms. The van der Waals surface area contributed by atoms with E-state index in [9.17, 15) is 4.79 Å². The van der Waals surface area contributed by atoms with Crippen molar-refractivity contribution < 1.29 is 19.0 Å². The molecule has 3 aromatic rings. The molecule has 1 aliphatic heterocycles. The van der Waals surface area contributed by atoms with E-state index in [1.165, 1.54) is 0 Å². The minimum absolute atomic E-state index is 0.299. The highest BCUT2D eigenvalue weighted by Gasteiger charge is 2.52. The van der Waals surface area contributed by atoms with Crippen molar-refractivity contribution in [1.82, 2.24) is 4.98 Å². The molecular weight excluding hydrogens is 466 g/mol. The van der Waals surface area contributed by atoms with Crippen LogP contribution in [0.15, 0.2) is 54.7 Å². The third kappa shape index (κ3) is 4.47. The molecule has 1 aliphatic rings. The summed E-state index contributed by atoms with van der Waals surface area (Å²) in [6.45, 7) is 14.4. The third-order valence-corrected chi connectivity index (χ3v) is 7.09. The molecule has 7 heteroatoms. The van der Waals surface area contributed by atoms with Gasteiger partial charge in [-0.2, -0.15) is 0 Å². The van der Waals surface area contributed by atoms with Crippen molar-refractivity contribution in [2.24, 2.45) is 0 Å². The lowest BCUT2D eigenvalue weighted by Gasteiger charge is -2.34. The zero-order valence-electron chi connectivity index (χ0n) is 22.7. The summed E-state index contributed by atoms with van der Waals surface area (Å²) in [5, 5.41) is 0. The van der Waals surface area contributed by atoms with E-state index in [1.807, 2.05) is 43.3 Å². The van der Waals surface area contributed by atoms with Gasteiger partial charge in [0, 0.05) is 72.6 Å². The van der Waals surface area contributed by atoms with Crippen LogP contribution in [0.25, 0.3) is 0 Å². The van der Waals surface area contributed by atoms with E-state index in [-0.39, 0.29) is 0 Å². The molecule has 1 aromatic heterocycles. The lowest BCUT2D eigenvalue weighted by Crippen LogP contribution is -2.31. The van der Waals surface area contributed by atoms with Crippen LogP contribution in [0.5, 0.6) is 11.5 Å². The number of nitrogens with zero attached hydrogens (tertiary/aromatic N) is 3. The summed E-state index contributed by atoms with van der Waals surface area (Å²) in [5.41, 5.74) is 3.24. The molecule has 4 rings (SSSR count). The Morgan fingerprint density at radius 1 is 0.811 bits per heavy atom. The second-order valence-corrected chi connectivity index (χ2v) is 8.81. The minimum Gasteiger partial charge on any atom is -0.496 e. The first-order valence-corrected chi connectivity index (χ1v) is 13.1. The number of anilines is 2. The molecule has 0 radical (unpaired) electrons. The topological polar surface area (TPSA) is 64.1 Å². The highest BCUT2D eigenvalue weighted by molar-refractivity contribution is 5.95. The first-order chi connectivity index (χ1) is 18.0. The number of rotatable bonds is 11. The monoisotopic (exact) mass is 503 g/mol. The van der Waals surface area contributed by atoms with Gasteiger partial charge in [-0.25, -0.2) is 9.78 Å². The number of ether oxygens (including phenoxy) is 3. The number of carbonyl (C=O) groups excluding carboxylic acids is 1. The standard InChI is InChI=1S/C30H37N3O4/c1-7-32(8-2)21-14-16-23(26(19-21)35-6)30(25-13-12-18-31-28(25)29(34)37-30)24-17-15-22(33(9-3)10-4)20-27(24)36-11-5/h12-20H,7-11H2,1-6H3. The molecule has 196 valence electrons. The van der Waals surface area contributed by atoms with Gasteiger partial charge in [-0.15, -0.1) is 0 Å². The van der Waals surface area contributed by atoms with E-state index < -0.39 is 11.6 Å². The summed E-state index contributed by atoms with van der Waals surface area (Å²) in [7, 11) is 1.65. The minimum atomic E-state index is -1.28. The summed E-state index contributed by atoms with van der Waals surface area (Å²) in [4.78, 5) is 22.1. The molecule has 1 unspecified atom stereocenters. The van der Waals surface area contributed by atoms with Gasteiger partial charge in [0.25, 0.3) is 0 Å². The average molecular weight is 504 g/mol. The number of hydrogen-bond acceptors (Lipinski definition) is 7. The predicted molar refractivity (Wildman–Crippen MR) is 147 cm³/mol. The first-order valence-electron chi connectivity index (χ1n) is 13.1. The number of aromatic nitrogens is 1. The zero-order chi connectivity index (χ0) is 26.6. The third-order valence-electron chi connectivity index (χ3n) is 7.09. The molecule has 0 aliphatic carbocycles. The van der Waals surface area contributed by atoms with E-state index in [0.29, 0.717) is 29.4 Å². The van der Waals surface area contributed by atoms with Crippen molar-refractivity contribution in [2.45, 2.75) is 40.2 Å². The van der Waals surface area contributed by atoms with Crippen molar-refractivity contribution in [1.29, 1.82) is 0 Å². The Morgan fingerprint density at radius 2 is 1.38 bits per heavy atom. The molecule has 0 N–H and O–H groups in total. The van der Waals surface area contributed by atoms with E-state index in [2.05, 4.69) is 54.6 Å². The SMILES string of the molecule is CCOc1cc(N(CC)CC)ccc1C1(c2ccc(N(CC)CC)cc2OC)OC(=O)c2ncccc21. The van der Waals surface area contributed by atoms with Crippen LogP contribution in [-0.4, -0.2) is 50.8 Å². The Bertz CT molecular complexity index is 1250. The number of fused-ring (bicyclic) bond motifs is 1. The zero-order valence-corrected chi connectivity index (χ0v) is 22.7. The molecule has 1 atom stereocenters. The van der Waals surface area contributed by atoms with Crippen LogP contribution in [0, 0.1) is 0 Å². The van der Waals surface area contributed by atoms with Crippen molar-refractivity contribution in [3.8, 4) is 11.5 Å². The Hall–Kier alpha value is -3.74. The number of cyclic esters (lactones) is 1. The second kappa shape index (κ2) is 11.1. The maximum absolute atomic E-state index is 13.2. The Morgan fingerprint density at radius 3 is 1.92 bits per heavy atom. The summed E-state index contributed by atoms with van der Waals surface area (Å²) >= 11 is 0. The van der Waals surface area contributed by atoms with Crippen LogP contribution in [0.4, 0.5) is 11.4 Å². The van der Waals surface area contributed by atoms with Crippen LogP contribution in [0.2, 0.25) is 0 Å². The lowest BCUT2D eigenvalue weighted by molar-refractivity contribution is 0.0235. The van der Waals surface area contributed by atoms with Gasteiger partial charge in [-0.3, -0.25) is 0 Å². The average Bonchev–Trinajstić information content (AvgIpc) is 3.23. The van der Waals surface area contributed by atoms with Crippen LogP contribution >= 0.6 is 0 Å². The number of carbonyl (C=O) groups is 1. The number of pyridine rings is 1. The predicted octanol–water partition coefficient (Wildman–Crippen LogP) is 5.64. The number of benzene rings is 2. The fourth-order valence-electron chi connectivity index (χ4n) is 5.26. The van der Waals surface area contributed by atoms with Gasteiger partial charge in [0.2, 0.25) is 0 Å². The molecule has 0 saturated carbocycles. The molecule has 2 aromatic carbocycles. The Labute approximate surface area is 220 Å². The van der Waals surface area contributed by atoms with E-state index in [0.717, 1.165) is 48.7 Å². The van der Waals surface area contributed by atoms with Crippen LogP contribution < -0.4 is 19.3 Å². The van der Waals surface area contributed by atoms with Crippen molar-refractivity contribution in [3.63, 3.8) is 0 Å². The molecule has 0 fully saturated rings. The largest absolute Gasteiger partial charge is 0.496 e. The molecule has 0 bridgehead atoms. The van der Waals surface area contributed by atoms with Gasteiger partial charge < -0.3 is 24.0 Å². The first kappa shape index (κ1) is 26.3. The van der Waals surface area contributed by atoms with Gasteiger partial charge >= 0.3 is 5.97 Å². The fourth-order valence-corrected chi connectivity index (χ4v) is 5.26. The maximum Gasteiger partial charge on any atom is 0.358 e. The summed E-state index contributed by atoms with van der Waals surface area (Å²) in [5.74, 6) is 0.816. The normalized spacial score (nSPS) is 16.2. The number of hydrogen-bond donors (Lipinski definition) is 0. The van der Waals surface area contributed by atoms with Gasteiger partial charge in [0.1, 0.15) is 11.5 Å². The fraction of sp³-hybridized carbons (Fsp3) is 0.400. The highest BCUT2D eigenvalue weighted by Crippen LogP contribution is 2.52. The van der Waals surface area contributed by atoms with E-state index >= 15 is 0 Å². The molecular formula is C30H37N3O4. The van der Waals surface area contributed by atoms with Gasteiger partial charge in [0.05, 0.1) is 13.7 Å². The van der Waals surface area contributed by atoms with Crippen LogP contribution in [0.1, 0.15) is 61.8 Å². The quantitative estimate of drug-likeness (QED) is 0.314. The molecule has 2 heterocycles. The van der Waals surface area contributed by atoms with Crippen LogP contribution in [0.3, 0.4) is 0 Å². The molecule has 0 saturated heterocycles. The molecule has 0 spiro atoms. The number of esters is 1. The highest BCUT2D eigenvalue weighted by atomic mass is 16.6. The van der Waals surface area contributed by atoms with Crippen LogP contribution in [-0.2, 0) is 10.3 Å². The Balaban J connectivity index is 2.03. The summed E-state index contributed by atoms with van der Waals surface area (Å²) in [6, 6.07) is 15.9. The summed E-state index contributed by atoms with van der Waals surface area (Å²) in [6.07, 6.45) is 1.61. The van der Waals surface area contributed by atoms with E-state index in [4.69, 9.17) is 14.2 Å². The van der Waals surface area contributed by atoms with Gasteiger partial charge in [-0.1, -0.05) is 6.07 Å². The van der Waals surface area contributed by atoms with E-state index in [1.54, 1.807) is 13.3 Å². The molecule has 7 nitrogen and oxygen atoms in total. The van der Waals surface area contributed by atoms with Crippen molar-refractivity contribution in [2.75, 3.05) is 49.7 Å². The smallest absolute Gasteiger partial charge is 0.358 e.